The summed E-state index contributed by atoms with van der Waals surface area (Å²) in [5.41, 5.74) is 5.51. The molecule has 1 rings (SSSR count). The second-order valence-electron chi connectivity index (χ2n) is 3.95. The van der Waals surface area contributed by atoms with Gasteiger partial charge in [0.15, 0.2) is 5.88 Å². The first kappa shape index (κ1) is 11.1. The van der Waals surface area contributed by atoms with Crippen LogP contribution < -0.4 is 10.6 Å². The van der Waals surface area contributed by atoms with Gasteiger partial charge in [-0.3, -0.25) is 0 Å². The van der Waals surface area contributed by atoms with Crippen LogP contribution in [0.5, 0.6) is 0 Å². The number of nitrogens with two attached hydrogens (primary N) is 1. The molecule has 0 aliphatic heterocycles. The van der Waals surface area contributed by atoms with Crippen molar-refractivity contribution in [1.82, 2.24) is 0 Å². The summed E-state index contributed by atoms with van der Waals surface area (Å²) in [4.78, 5) is 2.13. The van der Waals surface area contributed by atoms with Crippen LogP contribution in [0.1, 0.15) is 19.1 Å². The second kappa shape index (κ2) is 5.05. The minimum absolute atomic E-state index is 0.607. The van der Waals surface area contributed by atoms with Crippen LogP contribution in [0, 0.1) is 12.8 Å². The maximum atomic E-state index is 5.52. The molecular weight excluding hydrogens is 176 g/mol. The minimum Gasteiger partial charge on any atom is -0.446 e. The molecule has 3 heteroatoms. The molecule has 0 saturated carbocycles. The van der Waals surface area contributed by atoms with Gasteiger partial charge in [0.2, 0.25) is 0 Å². The lowest BCUT2D eigenvalue weighted by Gasteiger charge is -2.20. The second-order valence-corrected chi connectivity index (χ2v) is 3.95. The number of hydrogen-bond donors (Lipinski definition) is 1. The molecule has 0 bridgehead atoms. The highest BCUT2D eigenvalue weighted by atomic mass is 16.4. The number of furan rings is 1. The average molecular weight is 196 g/mol. The van der Waals surface area contributed by atoms with Crippen LogP contribution in [-0.2, 0) is 0 Å². The zero-order valence-corrected chi connectivity index (χ0v) is 9.29. The summed E-state index contributed by atoms with van der Waals surface area (Å²) in [6.07, 6.45) is 1.06. The number of nitrogens with zero attached hydrogens (tertiary/aromatic N) is 1. The molecule has 1 aromatic heterocycles. The molecular formula is C11H20N2O. The van der Waals surface area contributed by atoms with Crippen molar-refractivity contribution in [2.75, 3.05) is 25.0 Å². The van der Waals surface area contributed by atoms with Crippen LogP contribution in [0.4, 0.5) is 5.88 Å². The molecule has 3 nitrogen and oxygen atoms in total. The molecule has 0 radical (unpaired) electrons. The summed E-state index contributed by atoms with van der Waals surface area (Å²) >= 11 is 0. The van der Waals surface area contributed by atoms with Crippen LogP contribution in [-0.4, -0.2) is 20.1 Å². The third-order valence-electron chi connectivity index (χ3n) is 2.35. The van der Waals surface area contributed by atoms with Crippen molar-refractivity contribution in [2.24, 2.45) is 11.7 Å². The molecule has 0 aromatic carbocycles. The number of anilines is 1. The maximum absolute atomic E-state index is 5.52. The lowest BCUT2D eigenvalue weighted by Crippen LogP contribution is -2.24. The Bertz CT molecular complexity index is 270. The third-order valence-corrected chi connectivity index (χ3v) is 2.35. The highest BCUT2D eigenvalue weighted by Gasteiger charge is 2.08. The summed E-state index contributed by atoms with van der Waals surface area (Å²) < 4.78 is 5.52. The summed E-state index contributed by atoms with van der Waals surface area (Å²) in [7, 11) is 2.05. The first-order chi connectivity index (χ1) is 6.63. The van der Waals surface area contributed by atoms with E-state index >= 15 is 0 Å². The van der Waals surface area contributed by atoms with E-state index in [1.807, 2.05) is 26.1 Å². The average Bonchev–Trinajstić information content (AvgIpc) is 2.52. The topological polar surface area (TPSA) is 42.4 Å². The smallest absolute Gasteiger partial charge is 0.195 e. The Balaban J connectivity index is 2.45. The molecule has 14 heavy (non-hydrogen) atoms. The van der Waals surface area contributed by atoms with E-state index in [0.717, 1.165) is 31.2 Å². The van der Waals surface area contributed by atoms with Crippen molar-refractivity contribution in [3.05, 3.63) is 17.9 Å². The molecule has 2 N–H and O–H groups in total. The zero-order valence-electron chi connectivity index (χ0n) is 9.29. The predicted octanol–water partition coefficient (Wildman–Crippen LogP) is 2.01. The van der Waals surface area contributed by atoms with Gasteiger partial charge < -0.3 is 15.1 Å². The summed E-state index contributed by atoms with van der Waals surface area (Å²) in [5, 5.41) is 0. The summed E-state index contributed by atoms with van der Waals surface area (Å²) in [6.45, 7) is 5.91. The first-order valence-electron chi connectivity index (χ1n) is 5.11. The van der Waals surface area contributed by atoms with Crippen LogP contribution in [0.25, 0.3) is 0 Å². The Morgan fingerprint density at radius 1 is 1.50 bits per heavy atom. The molecule has 1 atom stereocenters. The van der Waals surface area contributed by atoms with Crippen LogP contribution in [0.2, 0.25) is 0 Å². The lowest BCUT2D eigenvalue weighted by molar-refractivity contribution is 0.488. The third kappa shape index (κ3) is 3.07. The number of hydrogen-bond acceptors (Lipinski definition) is 3. The fourth-order valence-electron chi connectivity index (χ4n) is 1.56. The summed E-state index contributed by atoms with van der Waals surface area (Å²) in [6, 6.07) is 3.99. The van der Waals surface area contributed by atoms with Gasteiger partial charge in [0.1, 0.15) is 5.76 Å². The van der Waals surface area contributed by atoms with Gasteiger partial charge in [-0.1, -0.05) is 6.92 Å². The standard InChI is InChI=1S/C11H20N2O/c1-9(6-7-12)8-13(3)11-5-4-10(2)14-11/h4-5,9H,6-8,12H2,1-3H3. The quantitative estimate of drug-likeness (QED) is 0.783. The van der Waals surface area contributed by atoms with Gasteiger partial charge in [0.25, 0.3) is 0 Å². The van der Waals surface area contributed by atoms with Crippen LogP contribution in [0.15, 0.2) is 16.5 Å². The van der Waals surface area contributed by atoms with Crippen molar-refractivity contribution >= 4 is 5.88 Å². The zero-order chi connectivity index (χ0) is 10.6. The van der Waals surface area contributed by atoms with Crippen LogP contribution in [0.3, 0.4) is 0 Å². The molecule has 0 spiro atoms. The molecule has 0 fully saturated rings. The fraction of sp³-hybridized carbons (Fsp3) is 0.636. The highest BCUT2D eigenvalue weighted by Crippen LogP contribution is 2.17. The Kier molecular flexibility index (Phi) is 4.01. The van der Waals surface area contributed by atoms with E-state index in [1.54, 1.807) is 0 Å². The number of aryl methyl sites for hydroxylation is 1. The van der Waals surface area contributed by atoms with Crippen molar-refractivity contribution in [3.8, 4) is 0 Å². The largest absolute Gasteiger partial charge is 0.446 e. The molecule has 1 heterocycles. The monoisotopic (exact) mass is 196 g/mol. The van der Waals surface area contributed by atoms with E-state index in [-0.39, 0.29) is 0 Å². The molecule has 0 saturated heterocycles. The van der Waals surface area contributed by atoms with Gasteiger partial charge in [0.05, 0.1) is 0 Å². The van der Waals surface area contributed by atoms with E-state index in [0.29, 0.717) is 5.92 Å². The van der Waals surface area contributed by atoms with Gasteiger partial charge in [-0.15, -0.1) is 0 Å². The van der Waals surface area contributed by atoms with E-state index in [1.165, 1.54) is 0 Å². The number of rotatable bonds is 5. The molecule has 0 aliphatic carbocycles. The van der Waals surface area contributed by atoms with Crippen molar-refractivity contribution in [1.29, 1.82) is 0 Å². The molecule has 1 aromatic rings. The van der Waals surface area contributed by atoms with Gasteiger partial charge >= 0.3 is 0 Å². The van der Waals surface area contributed by atoms with Crippen molar-refractivity contribution in [2.45, 2.75) is 20.3 Å². The predicted molar refractivity (Wildman–Crippen MR) is 59.6 cm³/mol. The molecule has 0 aliphatic rings. The van der Waals surface area contributed by atoms with Crippen molar-refractivity contribution in [3.63, 3.8) is 0 Å². The Labute approximate surface area is 85.9 Å². The molecule has 0 amide bonds. The minimum atomic E-state index is 0.607. The maximum Gasteiger partial charge on any atom is 0.195 e. The highest BCUT2D eigenvalue weighted by molar-refractivity contribution is 5.34. The Morgan fingerprint density at radius 2 is 2.21 bits per heavy atom. The molecule has 1 unspecified atom stereocenters. The van der Waals surface area contributed by atoms with Gasteiger partial charge in [-0.25, -0.2) is 0 Å². The Hall–Kier alpha value is -0.960. The summed E-state index contributed by atoms with van der Waals surface area (Å²) in [5.74, 6) is 2.50. The van der Waals surface area contributed by atoms with E-state index in [4.69, 9.17) is 10.2 Å². The normalized spacial score (nSPS) is 12.9. The van der Waals surface area contributed by atoms with E-state index in [2.05, 4.69) is 11.8 Å². The van der Waals surface area contributed by atoms with Gasteiger partial charge in [-0.2, -0.15) is 0 Å². The lowest BCUT2D eigenvalue weighted by atomic mass is 10.1. The fourth-order valence-corrected chi connectivity index (χ4v) is 1.56. The van der Waals surface area contributed by atoms with Gasteiger partial charge in [-0.05, 0) is 31.9 Å². The van der Waals surface area contributed by atoms with Crippen molar-refractivity contribution < 1.29 is 4.42 Å². The van der Waals surface area contributed by atoms with E-state index < -0.39 is 0 Å². The Morgan fingerprint density at radius 3 is 2.71 bits per heavy atom. The SMILES string of the molecule is Cc1ccc(N(C)CC(C)CCN)o1. The van der Waals surface area contributed by atoms with Gasteiger partial charge in [0, 0.05) is 19.7 Å². The van der Waals surface area contributed by atoms with Crippen LogP contribution >= 0.6 is 0 Å². The first-order valence-corrected chi connectivity index (χ1v) is 5.11. The molecule has 80 valence electrons. The van der Waals surface area contributed by atoms with E-state index in [9.17, 15) is 0 Å².